The first-order chi connectivity index (χ1) is 17.4. The van der Waals surface area contributed by atoms with Gasteiger partial charge in [-0.05, 0) is 90.0 Å². The Bertz CT molecular complexity index is 1260. The molecule has 0 aliphatic carbocycles. The van der Waals surface area contributed by atoms with Crippen molar-refractivity contribution < 1.29 is 29.3 Å². The highest BCUT2D eigenvalue weighted by Crippen LogP contribution is 2.35. The first-order valence-electron chi connectivity index (χ1n) is 10.9. The van der Waals surface area contributed by atoms with E-state index < -0.39 is 24.3 Å². The first-order valence-corrected chi connectivity index (χ1v) is 12.0. The molecule has 0 saturated carbocycles. The van der Waals surface area contributed by atoms with Crippen molar-refractivity contribution in [3.8, 4) is 17.6 Å². The number of para-hydroxylation sites is 1. The largest absolute Gasteiger partial charge is 0.508 e. The number of hydrogen-bond donors (Lipinski definition) is 3. The van der Waals surface area contributed by atoms with Gasteiger partial charge in [-0.25, -0.2) is 9.59 Å². The number of carboxylic acids is 1. The molecule has 3 aromatic rings. The van der Waals surface area contributed by atoms with E-state index in [2.05, 4.69) is 27.9 Å². The molecule has 3 aromatic carbocycles. The molecule has 0 bridgehead atoms. The number of rotatable bonds is 10. The van der Waals surface area contributed by atoms with Crippen molar-refractivity contribution >= 4 is 40.3 Å². The van der Waals surface area contributed by atoms with E-state index in [-0.39, 0.29) is 5.75 Å². The number of benzene rings is 3. The lowest BCUT2D eigenvalue weighted by Gasteiger charge is -2.28. The number of carbonyl (C=O) groups excluding carboxylic acids is 1. The van der Waals surface area contributed by atoms with Crippen molar-refractivity contribution in [3.63, 3.8) is 0 Å². The highest BCUT2D eigenvalue weighted by atomic mass is 127. The van der Waals surface area contributed by atoms with Gasteiger partial charge >= 0.3 is 12.1 Å². The average molecular weight is 598 g/mol. The lowest BCUT2D eigenvalue weighted by atomic mass is 9.99. The van der Waals surface area contributed by atoms with Gasteiger partial charge in [-0.2, -0.15) is 5.26 Å². The molecular formula is C27H23IN2O6. The molecule has 0 heterocycles. The number of allylic oxidation sites excluding steroid dienone is 1. The van der Waals surface area contributed by atoms with Gasteiger partial charge in [0.25, 0.3) is 0 Å². The number of anilines is 1. The number of aromatic hydroxyl groups is 1. The van der Waals surface area contributed by atoms with E-state index in [1.165, 1.54) is 12.1 Å². The smallest absolute Gasteiger partial charge is 0.412 e. The number of nitriles is 1. The number of carboxylic acid groups (broad SMARTS) is 1. The molecule has 184 valence electrons. The lowest BCUT2D eigenvalue weighted by Crippen LogP contribution is -2.31. The Labute approximate surface area is 221 Å². The summed E-state index contributed by atoms with van der Waals surface area (Å²) in [6, 6.07) is 22.2. The zero-order valence-corrected chi connectivity index (χ0v) is 21.2. The Morgan fingerprint density at radius 2 is 1.81 bits per heavy atom. The van der Waals surface area contributed by atoms with E-state index >= 15 is 0 Å². The van der Waals surface area contributed by atoms with Crippen molar-refractivity contribution in [2.24, 2.45) is 0 Å². The Morgan fingerprint density at radius 1 is 1.08 bits per heavy atom. The van der Waals surface area contributed by atoms with Crippen molar-refractivity contribution in [2.75, 3.05) is 5.32 Å². The van der Waals surface area contributed by atoms with Gasteiger partial charge in [0, 0.05) is 20.9 Å². The third-order valence-corrected chi connectivity index (χ3v) is 5.71. The molecule has 0 aliphatic rings. The summed E-state index contributed by atoms with van der Waals surface area (Å²) < 4.78 is 12.8. The number of nitrogens with one attached hydrogen (secondary N) is 1. The number of amides is 1. The maximum atomic E-state index is 12.9. The second-order valence-corrected chi connectivity index (χ2v) is 8.88. The van der Waals surface area contributed by atoms with Crippen molar-refractivity contribution in [3.05, 3.63) is 99.6 Å². The second kappa shape index (κ2) is 13.2. The predicted molar refractivity (Wildman–Crippen MR) is 142 cm³/mol. The van der Waals surface area contributed by atoms with Gasteiger partial charge in [0.05, 0.1) is 11.6 Å². The fraction of sp³-hybridized carbons (Fsp3) is 0.148. The molecule has 0 radical (unpaired) electrons. The van der Waals surface area contributed by atoms with Crippen LogP contribution in [0.3, 0.4) is 0 Å². The minimum Gasteiger partial charge on any atom is -0.508 e. The van der Waals surface area contributed by atoms with Gasteiger partial charge in [0.1, 0.15) is 17.6 Å². The van der Waals surface area contributed by atoms with Gasteiger partial charge in [0.2, 0.25) is 0 Å². The standard InChI is InChI=1S/C27H23IN2O6/c28-19-12-15-23(31)22(16-19)26(36-27(34)30-20-13-10-18(17-29)11-14-20)24(8-4-5-9-25(32)33)35-21-6-2-1-3-7-21/h1-3,5-7,9-16,24,26,31H,4,8H2,(H,30,34)(H,32,33)/b9-5+/t24-,26-/m1/s1. The van der Waals surface area contributed by atoms with Crippen LogP contribution in [-0.2, 0) is 9.53 Å². The van der Waals surface area contributed by atoms with Crippen LogP contribution in [0.5, 0.6) is 11.5 Å². The predicted octanol–water partition coefficient (Wildman–Crippen LogP) is 6.03. The highest BCUT2D eigenvalue weighted by Gasteiger charge is 2.31. The topological polar surface area (TPSA) is 129 Å². The molecule has 0 fully saturated rings. The van der Waals surface area contributed by atoms with E-state index in [9.17, 15) is 14.7 Å². The lowest BCUT2D eigenvalue weighted by molar-refractivity contribution is -0.131. The molecule has 36 heavy (non-hydrogen) atoms. The molecule has 9 heteroatoms. The molecule has 3 N–H and O–H groups in total. The average Bonchev–Trinajstić information content (AvgIpc) is 2.87. The van der Waals surface area contributed by atoms with E-state index in [0.717, 1.165) is 9.65 Å². The molecule has 0 spiro atoms. The molecule has 8 nitrogen and oxygen atoms in total. The summed E-state index contributed by atoms with van der Waals surface area (Å²) in [5, 5.41) is 31.1. The maximum absolute atomic E-state index is 12.9. The molecular weight excluding hydrogens is 575 g/mol. The zero-order chi connectivity index (χ0) is 25.9. The second-order valence-electron chi connectivity index (χ2n) is 7.63. The Hall–Kier alpha value is -4.04. The first kappa shape index (κ1) is 26.6. The van der Waals surface area contributed by atoms with Crippen LogP contribution in [0, 0.1) is 14.9 Å². The quantitative estimate of drug-likeness (QED) is 0.192. The summed E-state index contributed by atoms with van der Waals surface area (Å²) in [7, 11) is 0. The normalized spacial score (nSPS) is 12.3. The number of hydrogen-bond acceptors (Lipinski definition) is 6. The van der Waals surface area contributed by atoms with Crippen LogP contribution in [-0.4, -0.2) is 28.4 Å². The zero-order valence-electron chi connectivity index (χ0n) is 19.0. The monoisotopic (exact) mass is 598 g/mol. The summed E-state index contributed by atoms with van der Waals surface area (Å²) in [5.74, 6) is -0.620. The summed E-state index contributed by atoms with van der Waals surface area (Å²) >= 11 is 2.09. The molecule has 0 saturated heterocycles. The molecule has 3 rings (SSSR count). The molecule has 0 unspecified atom stereocenters. The minimum atomic E-state index is -1.07. The molecule has 2 atom stereocenters. The van der Waals surface area contributed by atoms with E-state index in [4.69, 9.17) is 19.8 Å². The number of ether oxygens (including phenoxy) is 2. The Morgan fingerprint density at radius 3 is 2.47 bits per heavy atom. The number of halogens is 1. The van der Waals surface area contributed by atoms with Crippen LogP contribution in [0.4, 0.5) is 10.5 Å². The van der Waals surface area contributed by atoms with Gasteiger partial charge in [-0.1, -0.05) is 24.3 Å². The van der Waals surface area contributed by atoms with Gasteiger partial charge < -0.3 is 19.7 Å². The number of aliphatic carboxylic acids is 1. The van der Waals surface area contributed by atoms with Crippen LogP contribution in [0.25, 0.3) is 0 Å². The summed E-state index contributed by atoms with van der Waals surface area (Å²) in [4.78, 5) is 23.8. The summed E-state index contributed by atoms with van der Waals surface area (Å²) in [6.07, 6.45) is 0.565. The summed E-state index contributed by atoms with van der Waals surface area (Å²) in [5.41, 5.74) is 1.22. The van der Waals surface area contributed by atoms with E-state index in [0.29, 0.717) is 35.4 Å². The van der Waals surface area contributed by atoms with Crippen LogP contribution < -0.4 is 10.1 Å². The SMILES string of the molecule is N#Cc1ccc(NC(=O)O[C@H](c2cc(I)ccc2O)[C@@H](CC/C=C/C(=O)O)Oc2ccccc2)cc1. The Kier molecular flexibility index (Phi) is 9.71. The summed E-state index contributed by atoms with van der Waals surface area (Å²) in [6.45, 7) is 0. The van der Waals surface area contributed by atoms with Gasteiger partial charge in [-0.3, -0.25) is 5.32 Å². The van der Waals surface area contributed by atoms with Crippen molar-refractivity contribution in [1.29, 1.82) is 5.26 Å². The maximum Gasteiger partial charge on any atom is 0.412 e. The third kappa shape index (κ3) is 8.02. The number of nitrogens with zero attached hydrogens (tertiary/aromatic N) is 1. The number of phenolic OH excluding ortho intramolecular Hbond substituents is 1. The number of phenols is 1. The highest BCUT2D eigenvalue weighted by molar-refractivity contribution is 14.1. The molecule has 0 aromatic heterocycles. The Balaban J connectivity index is 1.92. The fourth-order valence-electron chi connectivity index (χ4n) is 3.37. The van der Waals surface area contributed by atoms with Crippen LogP contribution >= 0.6 is 22.6 Å². The molecule has 0 aliphatic heterocycles. The van der Waals surface area contributed by atoms with Gasteiger partial charge in [-0.15, -0.1) is 0 Å². The third-order valence-electron chi connectivity index (χ3n) is 5.04. The van der Waals surface area contributed by atoms with E-state index in [1.807, 2.05) is 12.1 Å². The van der Waals surface area contributed by atoms with E-state index in [1.54, 1.807) is 60.7 Å². The van der Waals surface area contributed by atoms with Crippen molar-refractivity contribution in [1.82, 2.24) is 0 Å². The fourth-order valence-corrected chi connectivity index (χ4v) is 3.89. The van der Waals surface area contributed by atoms with Crippen LogP contribution in [0.2, 0.25) is 0 Å². The molecule has 1 amide bonds. The van der Waals surface area contributed by atoms with Crippen LogP contribution in [0.15, 0.2) is 84.9 Å². The van der Waals surface area contributed by atoms with Crippen LogP contribution in [0.1, 0.15) is 30.1 Å². The van der Waals surface area contributed by atoms with Gasteiger partial charge in [0.15, 0.2) is 6.10 Å². The minimum absolute atomic E-state index is 0.0747. The van der Waals surface area contributed by atoms with Crippen molar-refractivity contribution in [2.45, 2.75) is 25.0 Å². The number of carbonyl (C=O) groups is 2.